The molecule has 2 aliphatic heterocycles. The van der Waals surface area contributed by atoms with Gasteiger partial charge in [-0.05, 0) is 30.3 Å². The van der Waals surface area contributed by atoms with Gasteiger partial charge in [0.25, 0.3) is 5.91 Å². The Bertz CT molecular complexity index is 785. The van der Waals surface area contributed by atoms with Crippen LogP contribution in [0.5, 0.6) is 17.2 Å². The van der Waals surface area contributed by atoms with Gasteiger partial charge in [0.2, 0.25) is 6.79 Å². The maximum absolute atomic E-state index is 12.7. The topological polar surface area (TPSA) is 51.2 Å². The summed E-state index contributed by atoms with van der Waals surface area (Å²) in [5, 5.41) is 0. The molecule has 0 unspecified atom stereocenters. The average molecular weight is 340 g/mol. The van der Waals surface area contributed by atoms with Gasteiger partial charge in [-0.15, -0.1) is 0 Å². The highest BCUT2D eigenvalue weighted by Crippen LogP contribution is 2.35. The van der Waals surface area contributed by atoms with E-state index < -0.39 is 0 Å². The van der Waals surface area contributed by atoms with E-state index in [4.69, 9.17) is 14.2 Å². The molecule has 0 saturated carbocycles. The summed E-state index contributed by atoms with van der Waals surface area (Å²) in [6, 6.07) is 13.3. The van der Waals surface area contributed by atoms with Crippen LogP contribution in [0.25, 0.3) is 0 Å². The molecular weight excluding hydrogens is 320 g/mol. The van der Waals surface area contributed by atoms with E-state index >= 15 is 0 Å². The molecule has 0 aliphatic carbocycles. The van der Waals surface area contributed by atoms with Gasteiger partial charge in [0.05, 0.1) is 7.11 Å². The van der Waals surface area contributed by atoms with Gasteiger partial charge in [0, 0.05) is 43.5 Å². The van der Waals surface area contributed by atoms with E-state index in [1.807, 2.05) is 41.3 Å². The maximum atomic E-state index is 12.7. The first-order valence-electron chi connectivity index (χ1n) is 8.32. The Morgan fingerprint density at radius 3 is 2.60 bits per heavy atom. The molecule has 0 spiro atoms. The van der Waals surface area contributed by atoms with Gasteiger partial charge in [0.1, 0.15) is 5.75 Å². The van der Waals surface area contributed by atoms with Gasteiger partial charge >= 0.3 is 0 Å². The van der Waals surface area contributed by atoms with E-state index in [1.165, 1.54) is 0 Å². The second-order valence-corrected chi connectivity index (χ2v) is 6.05. The number of fused-ring (bicyclic) bond motifs is 1. The van der Waals surface area contributed by atoms with Crippen LogP contribution in [0.1, 0.15) is 10.4 Å². The molecule has 6 nitrogen and oxygen atoms in total. The molecule has 2 aliphatic rings. The predicted molar refractivity (Wildman–Crippen MR) is 93.7 cm³/mol. The number of rotatable bonds is 3. The highest BCUT2D eigenvalue weighted by molar-refractivity contribution is 5.94. The Balaban J connectivity index is 1.41. The molecule has 2 aromatic rings. The number of nitrogens with zero attached hydrogens (tertiary/aromatic N) is 2. The zero-order chi connectivity index (χ0) is 17.2. The van der Waals surface area contributed by atoms with Crippen LogP contribution in [0.15, 0.2) is 42.5 Å². The highest BCUT2D eigenvalue weighted by Gasteiger charge is 2.24. The standard InChI is InChI=1S/C19H20N2O4/c1-23-16-4-2-3-14(11-16)19(22)21-9-7-20(8-10-21)15-5-6-17-18(12-15)25-13-24-17/h2-6,11-12H,7-10,13H2,1H3. The van der Waals surface area contributed by atoms with E-state index in [1.54, 1.807) is 13.2 Å². The Labute approximate surface area is 146 Å². The normalized spacial score (nSPS) is 16.0. The molecule has 4 rings (SSSR count). The molecule has 1 saturated heterocycles. The summed E-state index contributed by atoms with van der Waals surface area (Å²) >= 11 is 0. The number of carbonyl (C=O) groups is 1. The van der Waals surface area contributed by atoms with Crippen molar-refractivity contribution < 1.29 is 19.0 Å². The van der Waals surface area contributed by atoms with Crippen molar-refractivity contribution in [2.45, 2.75) is 0 Å². The number of hydrogen-bond acceptors (Lipinski definition) is 5. The van der Waals surface area contributed by atoms with Crippen molar-refractivity contribution in [3.05, 3.63) is 48.0 Å². The summed E-state index contributed by atoms with van der Waals surface area (Å²) in [5.41, 5.74) is 1.76. The summed E-state index contributed by atoms with van der Waals surface area (Å²) in [5.74, 6) is 2.32. The smallest absolute Gasteiger partial charge is 0.254 e. The van der Waals surface area contributed by atoms with Gasteiger partial charge in [-0.25, -0.2) is 0 Å². The van der Waals surface area contributed by atoms with Crippen LogP contribution in [-0.2, 0) is 0 Å². The van der Waals surface area contributed by atoms with E-state index in [0.717, 1.165) is 30.3 Å². The molecule has 6 heteroatoms. The number of amides is 1. The van der Waals surface area contributed by atoms with Crippen LogP contribution >= 0.6 is 0 Å². The Morgan fingerprint density at radius 2 is 1.80 bits per heavy atom. The maximum Gasteiger partial charge on any atom is 0.254 e. The van der Waals surface area contributed by atoms with Crippen LogP contribution < -0.4 is 19.1 Å². The molecule has 1 amide bonds. The molecule has 2 aromatic carbocycles. The van der Waals surface area contributed by atoms with Gasteiger partial charge in [-0.1, -0.05) is 6.07 Å². The second kappa shape index (κ2) is 6.55. The van der Waals surface area contributed by atoms with Crippen LogP contribution in [-0.4, -0.2) is 50.9 Å². The fraction of sp³-hybridized carbons (Fsp3) is 0.316. The summed E-state index contributed by atoms with van der Waals surface area (Å²) in [4.78, 5) is 16.8. The van der Waals surface area contributed by atoms with E-state index in [2.05, 4.69) is 4.90 Å². The van der Waals surface area contributed by atoms with Gasteiger partial charge in [-0.2, -0.15) is 0 Å². The Morgan fingerprint density at radius 1 is 1.00 bits per heavy atom. The van der Waals surface area contributed by atoms with Crippen molar-refractivity contribution in [1.82, 2.24) is 4.90 Å². The third-order valence-corrected chi connectivity index (χ3v) is 4.60. The number of piperazine rings is 1. The Kier molecular flexibility index (Phi) is 4.09. The number of benzene rings is 2. The summed E-state index contributed by atoms with van der Waals surface area (Å²) in [6.45, 7) is 3.22. The first kappa shape index (κ1) is 15.6. The monoisotopic (exact) mass is 340 g/mol. The summed E-state index contributed by atoms with van der Waals surface area (Å²) in [7, 11) is 1.60. The summed E-state index contributed by atoms with van der Waals surface area (Å²) < 4.78 is 16.0. The minimum absolute atomic E-state index is 0.0456. The number of carbonyl (C=O) groups excluding carboxylic acids is 1. The van der Waals surface area contributed by atoms with Gasteiger partial charge < -0.3 is 24.0 Å². The number of hydrogen-bond donors (Lipinski definition) is 0. The first-order valence-corrected chi connectivity index (χ1v) is 8.32. The van der Waals surface area contributed by atoms with Crippen molar-refractivity contribution in [3.8, 4) is 17.2 Å². The quantitative estimate of drug-likeness (QED) is 0.859. The molecule has 2 heterocycles. The van der Waals surface area contributed by atoms with Crippen molar-refractivity contribution in [2.75, 3.05) is 45.0 Å². The van der Waals surface area contributed by atoms with Crippen LogP contribution in [0.2, 0.25) is 0 Å². The van der Waals surface area contributed by atoms with Crippen LogP contribution in [0, 0.1) is 0 Å². The minimum Gasteiger partial charge on any atom is -0.497 e. The SMILES string of the molecule is COc1cccc(C(=O)N2CCN(c3ccc4c(c3)OCO4)CC2)c1. The third kappa shape index (κ3) is 3.07. The van der Waals surface area contributed by atoms with Crippen molar-refractivity contribution in [3.63, 3.8) is 0 Å². The Hall–Kier alpha value is -2.89. The molecule has 25 heavy (non-hydrogen) atoms. The molecule has 0 radical (unpaired) electrons. The molecule has 0 bridgehead atoms. The lowest BCUT2D eigenvalue weighted by Gasteiger charge is -2.36. The first-order chi connectivity index (χ1) is 12.2. The predicted octanol–water partition coefficient (Wildman–Crippen LogP) is 2.39. The zero-order valence-corrected chi connectivity index (χ0v) is 14.1. The largest absolute Gasteiger partial charge is 0.497 e. The zero-order valence-electron chi connectivity index (χ0n) is 14.1. The molecule has 0 aromatic heterocycles. The molecular formula is C19H20N2O4. The van der Waals surface area contributed by atoms with E-state index in [-0.39, 0.29) is 12.7 Å². The molecule has 0 N–H and O–H groups in total. The van der Waals surface area contributed by atoms with E-state index in [0.29, 0.717) is 24.4 Å². The third-order valence-electron chi connectivity index (χ3n) is 4.60. The molecule has 1 fully saturated rings. The second-order valence-electron chi connectivity index (χ2n) is 6.05. The lowest BCUT2D eigenvalue weighted by molar-refractivity contribution is 0.0746. The van der Waals surface area contributed by atoms with Crippen LogP contribution in [0.3, 0.4) is 0 Å². The molecule has 0 atom stereocenters. The van der Waals surface area contributed by atoms with Crippen molar-refractivity contribution in [1.29, 1.82) is 0 Å². The van der Waals surface area contributed by atoms with E-state index in [9.17, 15) is 4.79 Å². The number of anilines is 1. The number of methoxy groups -OCH3 is 1. The van der Waals surface area contributed by atoms with Crippen molar-refractivity contribution >= 4 is 11.6 Å². The average Bonchev–Trinajstić information content (AvgIpc) is 3.15. The summed E-state index contributed by atoms with van der Waals surface area (Å²) in [6.07, 6.45) is 0. The molecule has 130 valence electrons. The van der Waals surface area contributed by atoms with Gasteiger partial charge in [0.15, 0.2) is 11.5 Å². The highest BCUT2D eigenvalue weighted by atomic mass is 16.7. The fourth-order valence-corrected chi connectivity index (χ4v) is 3.19. The fourth-order valence-electron chi connectivity index (χ4n) is 3.19. The number of ether oxygens (including phenoxy) is 3. The minimum atomic E-state index is 0.0456. The lowest BCUT2D eigenvalue weighted by Crippen LogP contribution is -2.48. The lowest BCUT2D eigenvalue weighted by atomic mass is 10.1. The van der Waals surface area contributed by atoms with Crippen molar-refractivity contribution in [2.24, 2.45) is 0 Å². The van der Waals surface area contributed by atoms with Gasteiger partial charge in [-0.3, -0.25) is 4.79 Å². The van der Waals surface area contributed by atoms with Crippen LogP contribution in [0.4, 0.5) is 5.69 Å².